The predicted octanol–water partition coefficient (Wildman–Crippen LogP) is 5.19. The van der Waals surface area contributed by atoms with Gasteiger partial charge in [0.05, 0.1) is 0 Å². The number of halogens is 4. The zero-order valence-corrected chi connectivity index (χ0v) is 12.7. The summed E-state index contributed by atoms with van der Waals surface area (Å²) < 4.78 is 27.9. The van der Waals surface area contributed by atoms with Gasteiger partial charge in [-0.15, -0.1) is 22.2 Å². The van der Waals surface area contributed by atoms with E-state index in [9.17, 15) is 8.78 Å². The lowest BCUT2D eigenvalue weighted by atomic mass is 10.0. The summed E-state index contributed by atoms with van der Waals surface area (Å²) >= 11 is 12.6. The van der Waals surface area contributed by atoms with Crippen molar-refractivity contribution in [3.05, 3.63) is 71.3 Å². The average Bonchev–Trinajstić information content (AvgIpc) is 2.33. The van der Waals surface area contributed by atoms with Crippen LogP contribution in [0.3, 0.4) is 0 Å². The maximum Gasteiger partial charge on any atom is 0.260 e. The van der Waals surface area contributed by atoms with E-state index in [1.54, 1.807) is 42.9 Å². The summed E-state index contributed by atoms with van der Waals surface area (Å²) in [4.78, 5) is 0. The molecule has 0 heterocycles. The highest BCUT2D eigenvalue weighted by molar-refractivity contribution is 7.45. The van der Waals surface area contributed by atoms with E-state index in [2.05, 4.69) is 0 Å². The summed E-state index contributed by atoms with van der Waals surface area (Å²) in [5.74, 6) is -0.841. The highest BCUT2D eigenvalue weighted by atomic mass is 35.7. The summed E-state index contributed by atoms with van der Waals surface area (Å²) in [7, 11) is 0. The second-order valence-corrected chi connectivity index (χ2v) is 12.2. The van der Waals surface area contributed by atoms with Crippen molar-refractivity contribution in [2.75, 3.05) is 0 Å². The maximum absolute atomic E-state index is 14.0. The largest absolute Gasteiger partial charge is 0.260 e. The van der Waals surface area contributed by atoms with Crippen LogP contribution in [-0.4, -0.2) is 6.69 Å². The van der Waals surface area contributed by atoms with Gasteiger partial charge in [-0.25, -0.2) is 8.78 Å². The van der Waals surface area contributed by atoms with Crippen LogP contribution in [0.25, 0.3) is 0 Å². The quantitative estimate of drug-likeness (QED) is 0.540. The molecule has 0 fully saturated rings. The fourth-order valence-corrected chi connectivity index (χ4v) is 5.10. The molecule has 0 aliphatic rings. The van der Waals surface area contributed by atoms with Gasteiger partial charge in [0.15, 0.2) is 0 Å². The Hall–Kier alpha value is -0.903. The van der Waals surface area contributed by atoms with Crippen LogP contribution in [0.2, 0.25) is 6.55 Å². The molecule has 2 rings (SSSR count). The highest BCUT2D eigenvalue weighted by Gasteiger charge is 2.38. The second kappa shape index (κ2) is 5.61. The number of benzene rings is 2. The SMILES string of the molecule is C[Si](Cl)(Cl)C(c1ccccc1F)c1ccccc1F. The Morgan fingerprint density at radius 3 is 1.53 bits per heavy atom. The lowest BCUT2D eigenvalue weighted by molar-refractivity contribution is 0.595. The molecular formula is C14H12Cl2F2Si. The smallest absolute Gasteiger partial charge is 0.207 e. The van der Waals surface area contributed by atoms with Gasteiger partial charge >= 0.3 is 0 Å². The Morgan fingerprint density at radius 1 is 0.842 bits per heavy atom. The van der Waals surface area contributed by atoms with Crippen LogP contribution in [0.1, 0.15) is 16.7 Å². The van der Waals surface area contributed by atoms with Crippen molar-refractivity contribution in [2.24, 2.45) is 0 Å². The normalized spacial score (nSPS) is 11.9. The molecule has 0 spiro atoms. The third-order valence-electron chi connectivity index (χ3n) is 2.94. The molecule has 2 aromatic rings. The van der Waals surface area contributed by atoms with Crippen molar-refractivity contribution in [3.63, 3.8) is 0 Å². The van der Waals surface area contributed by atoms with E-state index in [0.717, 1.165) is 0 Å². The summed E-state index contributed by atoms with van der Waals surface area (Å²) in [6.07, 6.45) is 0. The first kappa shape index (κ1) is 14.5. The van der Waals surface area contributed by atoms with Gasteiger partial charge in [-0.2, -0.15) is 0 Å². The lowest BCUT2D eigenvalue weighted by Crippen LogP contribution is -2.28. The van der Waals surface area contributed by atoms with E-state index in [0.29, 0.717) is 11.1 Å². The third kappa shape index (κ3) is 3.16. The Bertz CT molecular complexity index is 536. The van der Waals surface area contributed by atoms with Crippen LogP contribution in [0, 0.1) is 11.6 Å². The first-order valence-electron chi connectivity index (χ1n) is 5.78. The van der Waals surface area contributed by atoms with Crippen molar-refractivity contribution in [1.82, 2.24) is 0 Å². The zero-order chi connectivity index (χ0) is 14.0. The first-order chi connectivity index (χ1) is 8.91. The summed E-state index contributed by atoms with van der Waals surface area (Å²) in [5, 5.41) is 0. The van der Waals surface area contributed by atoms with E-state index in [1.165, 1.54) is 12.1 Å². The monoisotopic (exact) mass is 316 g/mol. The fourth-order valence-electron chi connectivity index (χ4n) is 2.13. The Morgan fingerprint density at radius 2 is 1.21 bits per heavy atom. The molecule has 0 saturated carbocycles. The van der Waals surface area contributed by atoms with Crippen LogP contribution < -0.4 is 0 Å². The second-order valence-electron chi connectivity index (χ2n) is 4.43. The fraction of sp³-hybridized carbons (Fsp3) is 0.143. The van der Waals surface area contributed by atoms with E-state index in [4.69, 9.17) is 22.2 Å². The first-order valence-corrected chi connectivity index (χ1v) is 10.4. The number of hydrogen-bond donors (Lipinski definition) is 0. The van der Waals surface area contributed by atoms with Crippen LogP contribution in [0.4, 0.5) is 8.78 Å². The maximum atomic E-state index is 14.0. The molecule has 0 aliphatic heterocycles. The topological polar surface area (TPSA) is 0 Å². The Balaban J connectivity index is 2.62. The molecule has 0 bridgehead atoms. The summed E-state index contributed by atoms with van der Waals surface area (Å²) in [5.41, 5.74) is 0.0387. The van der Waals surface area contributed by atoms with Crippen LogP contribution in [-0.2, 0) is 0 Å². The van der Waals surface area contributed by atoms with Crippen LogP contribution in [0.15, 0.2) is 48.5 Å². The van der Waals surface area contributed by atoms with Gasteiger partial charge in [-0.05, 0) is 29.8 Å². The average molecular weight is 317 g/mol. The van der Waals surface area contributed by atoms with Gasteiger partial charge in [-0.3, -0.25) is 0 Å². The van der Waals surface area contributed by atoms with Crippen molar-refractivity contribution >= 4 is 28.9 Å². The molecule has 0 saturated heterocycles. The molecule has 0 amide bonds. The minimum absolute atomic E-state index is 0.340. The van der Waals surface area contributed by atoms with Crippen molar-refractivity contribution in [3.8, 4) is 0 Å². The molecule has 100 valence electrons. The van der Waals surface area contributed by atoms with Crippen molar-refractivity contribution < 1.29 is 8.78 Å². The molecular weight excluding hydrogens is 305 g/mol. The summed E-state index contributed by atoms with van der Waals surface area (Å²) in [6.45, 7) is -1.20. The third-order valence-corrected chi connectivity index (χ3v) is 5.88. The molecule has 0 atom stereocenters. The van der Waals surface area contributed by atoms with E-state index < -0.39 is 23.9 Å². The highest BCUT2D eigenvalue weighted by Crippen LogP contribution is 2.40. The minimum atomic E-state index is -2.87. The number of hydrogen-bond acceptors (Lipinski definition) is 0. The molecule has 2 aromatic carbocycles. The van der Waals surface area contributed by atoms with Gasteiger partial charge in [0, 0.05) is 5.54 Å². The lowest BCUT2D eigenvalue weighted by Gasteiger charge is -2.26. The van der Waals surface area contributed by atoms with Gasteiger partial charge in [0.25, 0.3) is 6.69 Å². The van der Waals surface area contributed by atoms with E-state index in [1.807, 2.05) is 0 Å². The molecule has 19 heavy (non-hydrogen) atoms. The van der Waals surface area contributed by atoms with Crippen molar-refractivity contribution in [2.45, 2.75) is 12.1 Å². The molecule has 0 aromatic heterocycles. The Labute approximate surface area is 121 Å². The predicted molar refractivity (Wildman–Crippen MR) is 78.0 cm³/mol. The molecule has 0 radical (unpaired) electrons. The van der Waals surface area contributed by atoms with Gasteiger partial charge < -0.3 is 0 Å². The summed E-state index contributed by atoms with van der Waals surface area (Å²) in [6, 6.07) is 12.4. The Kier molecular flexibility index (Phi) is 4.28. The standard InChI is InChI=1S/C14H12Cl2F2Si/c1-19(15,16)14(10-6-2-4-8-12(10)17)11-7-3-5-9-13(11)18/h2-9,14H,1H3. The molecule has 0 N–H and O–H groups in total. The van der Waals surface area contributed by atoms with Crippen LogP contribution in [0.5, 0.6) is 0 Å². The van der Waals surface area contributed by atoms with Crippen LogP contribution >= 0.6 is 22.2 Å². The molecule has 0 aliphatic carbocycles. The van der Waals surface area contributed by atoms with E-state index in [-0.39, 0.29) is 0 Å². The molecule has 0 nitrogen and oxygen atoms in total. The molecule has 5 heteroatoms. The number of rotatable bonds is 3. The van der Waals surface area contributed by atoms with Gasteiger partial charge in [-0.1, -0.05) is 36.4 Å². The van der Waals surface area contributed by atoms with Crippen molar-refractivity contribution in [1.29, 1.82) is 0 Å². The minimum Gasteiger partial charge on any atom is -0.207 e. The van der Waals surface area contributed by atoms with Gasteiger partial charge in [0.2, 0.25) is 0 Å². The molecule has 0 unspecified atom stereocenters. The van der Waals surface area contributed by atoms with E-state index >= 15 is 0 Å². The zero-order valence-electron chi connectivity index (χ0n) is 10.2. The van der Waals surface area contributed by atoms with Gasteiger partial charge in [0.1, 0.15) is 11.6 Å².